The fraction of sp³-hybridized carbons (Fsp3) is 0.353. The number of nitrogens with zero attached hydrogens (tertiary/aromatic N) is 1. The molecule has 1 heterocycles. The van der Waals surface area contributed by atoms with E-state index in [4.69, 9.17) is 0 Å². The maximum Gasteiger partial charge on any atom is 0.0358 e. The van der Waals surface area contributed by atoms with Crippen LogP contribution in [0.25, 0.3) is 0 Å². The highest BCUT2D eigenvalue weighted by Crippen LogP contribution is 2.19. The molecule has 19 heavy (non-hydrogen) atoms. The molecule has 0 aliphatic carbocycles. The zero-order chi connectivity index (χ0) is 13.5. The topological polar surface area (TPSA) is 24.9 Å². The van der Waals surface area contributed by atoms with Gasteiger partial charge in [-0.15, -0.1) is 0 Å². The molecule has 1 N–H and O–H groups in total. The summed E-state index contributed by atoms with van der Waals surface area (Å²) in [4.78, 5) is 4.07. The molecule has 1 unspecified atom stereocenters. The van der Waals surface area contributed by atoms with Crippen molar-refractivity contribution in [2.24, 2.45) is 0 Å². The van der Waals surface area contributed by atoms with Crippen LogP contribution in [-0.4, -0.2) is 12.0 Å². The predicted octanol–water partition coefficient (Wildman–Crippen LogP) is 3.54. The number of nitrogens with one attached hydrogen (secondary N) is 1. The largest absolute Gasteiger partial charge is 0.313 e. The summed E-state index contributed by atoms with van der Waals surface area (Å²) in [7, 11) is 2.03. The van der Waals surface area contributed by atoms with Gasteiger partial charge in [-0.05, 0) is 48.7 Å². The highest BCUT2D eigenvalue weighted by Gasteiger charge is 2.10. The van der Waals surface area contributed by atoms with Gasteiger partial charge in [0.15, 0.2) is 0 Å². The van der Waals surface area contributed by atoms with Crippen LogP contribution >= 0.6 is 0 Å². The molecule has 2 heteroatoms. The molecule has 100 valence electrons. The lowest BCUT2D eigenvalue weighted by Gasteiger charge is -2.17. The van der Waals surface area contributed by atoms with Crippen molar-refractivity contribution in [2.45, 2.75) is 32.2 Å². The monoisotopic (exact) mass is 254 g/mol. The van der Waals surface area contributed by atoms with Crippen molar-refractivity contribution in [3.8, 4) is 0 Å². The third kappa shape index (κ3) is 3.90. The third-order valence-electron chi connectivity index (χ3n) is 3.43. The number of rotatable bonds is 6. The minimum Gasteiger partial charge on any atom is -0.313 e. The fourth-order valence-corrected chi connectivity index (χ4v) is 2.40. The third-order valence-corrected chi connectivity index (χ3v) is 3.43. The zero-order valence-electron chi connectivity index (χ0n) is 11.8. The van der Waals surface area contributed by atoms with E-state index in [0.717, 1.165) is 12.8 Å². The van der Waals surface area contributed by atoms with Crippen molar-refractivity contribution < 1.29 is 0 Å². The molecule has 0 spiro atoms. The van der Waals surface area contributed by atoms with E-state index < -0.39 is 0 Å². The molecular formula is C17H22N2. The second-order valence-electron chi connectivity index (χ2n) is 4.90. The van der Waals surface area contributed by atoms with Crippen molar-refractivity contribution in [3.63, 3.8) is 0 Å². The molecule has 0 aliphatic rings. The van der Waals surface area contributed by atoms with Crippen molar-refractivity contribution >= 4 is 0 Å². The van der Waals surface area contributed by atoms with E-state index in [2.05, 4.69) is 53.6 Å². The number of pyridine rings is 1. The summed E-state index contributed by atoms with van der Waals surface area (Å²) in [6.07, 6.45) is 7.05. The van der Waals surface area contributed by atoms with Crippen LogP contribution in [-0.2, 0) is 12.8 Å². The van der Waals surface area contributed by atoms with Crippen LogP contribution in [0.2, 0.25) is 0 Å². The molecule has 1 atom stereocenters. The van der Waals surface area contributed by atoms with Crippen LogP contribution in [0.15, 0.2) is 48.8 Å². The summed E-state index contributed by atoms with van der Waals surface area (Å²) in [5.41, 5.74) is 4.11. The van der Waals surface area contributed by atoms with Crippen LogP contribution in [0.4, 0.5) is 0 Å². The summed E-state index contributed by atoms with van der Waals surface area (Å²) in [5.74, 6) is 0. The molecule has 0 amide bonds. The average molecular weight is 254 g/mol. The molecule has 0 saturated heterocycles. The normalized spacial score (nSPS) is 12.3. The van der Waals surface area contributed by atoms with Crippen LogP contribution in [0.1, 0.15) is 36.1 Å². The summed E-state index contributed by atoms with van der Waals surface area (Å²) in [5, 5.41) is 3.42. The van der Waals surface area contributed by atoms with Gasteiger partial charge in [-0.2, -0.15) is 0 Å². The Morgan fingerprint density at radius 2 is 1.89 bits per heavy atom. The van der Waals surface area contributed by atoms with E-state index in [1.165, 1.54) is 23.1 Å². The number of benzene rings is 1. The minimum absolute atomic E-state index is 0.360. The zero-order valence-corrected chi connectivity index (χ0v) is 11.8. The van der Waals surface area contributed by atoms with Gasteiger partial charge < -0.3 is 5.32 Å². The fourth-order valence-electron chi connectivity index (χ4n) is 2.40. The van der Waals surface area contributed by atoms with Crippen LogP contribution in [0.3, 0.4) is 0 Å². The van der Waals surface area contributed by atoms with Crippen LogP contribution in [0.5, 0.6) is 0 Å². The van der Waals surface area contributed by atoms with Gasteiger partial charge in [-0.25, -0.2) is 0 Å². The lowest BCUT2D eigenvalue weighted by molar-refractivity contribution is 0.591. The van der Waals surface area contributed by atoms with E-state index in [1.54, 1.807) is 0 Å². The Morgan fingerprint density at radius 1 is 1.11 bits per heavy atom. The lowest BCUT2D eigenvalue weighted by atomic mass is 9.97. The lowest BCUT2D eigenvalue weighted by Crippen LogP contribution is -2.19. The van der Waals surface area contributed by atoms with Gasteiger partial charge in [-0.3, -0.25) is 4.98 Å². The first kappa shape index (κ1) is 13.8. The summed E-state index contributed by atoms with van der Waals surface area (Å²) in [6.45, 7) is 2.22. The molecule has 0 saturated carbocycles. The van der Waals surface area contributed by atoms with E-state index in [-0.39, 0.29) is 0 Å². The van der Waals surface area contributed by atoms with Gasteiger partial charge in [0.1, 0.15) is 0 Å². The second kappa shape index (κ2) is 7.05. The number of likely N-dealkylation sites (N-methyl/N-ethyl adjacent to an activating group) is 1. The Labute approximate surface area is 115 Å². The van der Waals surface area contributed by atoms with Gasteiger partial charge in [0, 0.05) is 18.4 Å². The summed E-state index contributed by atoms with van der Waals surface area (Å²) < 4.78 is 0. The Hall–Kier alpha value is -1.67. The minimum atomic E-state index is 0.360. The van der Waals surface area contributed by atoms with Gasteiger partial charge in [0.05, 0.1) is 0 Å². The number of aromatic nitrogens is 1. The van der Waals surface area contributed by atoms with E-state index in [9.17, 15) is 0 Å². The number of hydrogen-bond donors (Lipinski definition) is 1. The molecule has 0 bridgehead atoms. The van der Waals surface area contributed by atoms with Gasteiger partial charge in [0.2, 0.25) is 0 Å². The maximum atomic E-state index is 4.07. The number of aryl methyl sites for hydroxylation is 1. The summed E-state index contributed by atoms with van der Waals surface area (Å²) >= 11 is 0. The van der Waals surface area contributed by atoms with Crippen molar-refractivity contribution in [1.82, 2.24) is 10.3 Å². The molecule has 0 aliphatic heterocycles. The molecule has 0 radical (unpaired) electrons. The first-order valence-electron chi connectivity index (χ1n) is 6.98. The van der Waals surface area contributed by atoms with Crippen molar-refractivity contribution in [2.75, 3.05) is 7.05 Å². The van der Waals surface area contributed by atoms with E-state index in [1.807, 2.05) is 19.4 Å². The van der Waals surface area contributed by atoms with E-state index >= 15 is 0 Å². The number of hydrogen-bond acceptors (Lipinski definition) is 2. The standard InChI is InChI=1S/C17H22N2/c1-3-5-14-6-4-7-16(12-14)17(18-2)13-15-8-10-19-11-9-15/h4,6-12,17-18H,3,5,13H2,1-2H3. The quantitative estimate of drug-likeness (QED) is 0.853. The Kier molecular flexibility index (Phi) is 5.10. The van der Waals surface area contributed by atoms with Crippen molar-refractivity contribution in [3.05, 3.63) is 65.5 Å². The first-order valence-corrected chi connectivity index (χ1v) is 6.98. The highest BCUT2D eigenvalue weighted by molar-refractivity contribution is 5.28. The highest BCUT2D eigenvalue weighted by atomic mass is 14.9. The van der Waals surface area contributed by atoms with Crippen LogP contribution < -0.4 is 5.32 Å². The van der Waals surface area contributed by atoms with Gasteiger partial charge >= 0.3 is 0 Å². The Balaban J connectivity index is 2.15. The van der Waals surface area contributed by atoms with Gasteiger partial charge in [-0.1, -0.05) is 37.6 Å². The molecule has 2 nitrogen and oxygen atoms in total. The average Bonchev–Trinajstić information content (AvgIpc) is 2.46. The van der Waals surface area contributed by atoms with E-state index in [0.29, 0.717) is 6.04 Å². The molecular weight excluding hydrogens is 232 g/mol. The molecule has 0 fully saturated rings. The Morgan fingerprint density at radius 3 is 2.58 bits per heavy atom. The molecule has 2 aromatic rings. The second-order valence-corrected chi connectivity index (χ2v) is 4.90. The maximum absolute atomic E-state index is 4.07. The SMILES string of the molecule is CCCc1cccc(C(Cc2ccncc2)NC)c1. The van der Waals surface area contributed by atoms with Crippen molar-refractivity contribution in [1.29, 1.82) is 0 Å². The first-order chi connectivity index (χ1) is 9.33. The van der Waals surface area contributed by atoms with Gasteiger partial charge in [0.25, 0.3) is 0 Å². The molecule has 2 rings (SSSR count). The smallest absolute Gasteiger partial charge is 0.0358 e. The molecule has 1 aromatic heterocycles. The van der Waals surface area contributed by atoms with Crippen LogP contribution in [0, 0.1) is 0 Å². The Bertz CT molecular complexity index is 494. The molecule has 1 aromatic carbocycles. The summed E-state index contributed by atoms with van der Waals surface area (Å²) in [6, 6.07) is 13.4. The predicted molar refractivity (Wildman–Crippen MR) is 80.2 cm³/mol.